The Kier molecular flexibility index (Phi) is 5.25. The molecule has 0 saturated heterocycles. The zero-order valence-electron chi connectivity index (χ0n) is 11.1. The summed E-state index contributed by atoms with van der Waals surface area (Å²) in [4.78, 5) is 14.8. The third kappa shape index (κ3) is 4.09. The third-order valence-corrected chi connectivity index (χ3v) is 2.70. The molecule has 0 aromatic heterocycles. The first-order chi connectivity index (χ1) is 8.43. The second kappa shape index (κ2) is 6.47. The van der Waals surface area contributed by atoms with Gasteiger partial charge in [-0.1, -0.05) is 12.1 Å². The van der Waals surface area contributed by atoms with Crippen molar-refractivity contribution in [1.82, 2.24) is 9.80 Å². The summed E-state index contributed by atoms with van der Waals surface area (Å²) in [6.45, 7) is 0.994. The van der Waals surface area contributed by atoms with Crippen LogP contribution < -0.4 is 5.73 Å². The van der Waals surface area contributed by atoms with Gasteiger partial charge in [0.2, 0.25) is 5.91 Å². The molecule has 1 rings (SSSR count). The van der Waals surface area contributed by atoms with E-state index in [1.54, 1.807) is 38.2 Å². The smallest absolute Gasteiger partial charge is 0.236 e. The average Bonchev–Trinajstić information content (AvgIpc) is 2.31. The van der Waals surface area contributed by atoms with Crippen LogP contribution in [0.25, 0.3) is 0 Å². The number of hydrogen-bond donors (Lipinski definition) is 1. The van der Waals surface area contributed by atoms with Crippen molar-refractivity contribution in [2.75, 3.05) is 27.7 Å². The summed E-state index contributed by atoms with van der Waals surface area (Å²) in [5.41, 5.74) is 6.78. The standard InChI is InChI=1S/C13H20FN3O/c1-16(2)13(18)9-17(3)8-11-5-4-10(7-15)6-12(11)14/h4-6H,7-9,15H2,1-3H3. The number of amides is 1. The molecule has 2 N–H and O–H groups in total. The minimum Gasteiger partial charge on any atom is -0.348 e. The summed E-state index contributed by atoms with van der Waals surface area (Å²) < 4.78 is 13.7. The third-order valence-electron chi connectivity index (χ3n) is 2.70. The molecule has 0 spiro atoms. The summed E-state index contributed by atoms with van der Waals surface area (Å²) in [7, 11) is 5.19. The Morgan fingerprint density at radius 3 is 2.50 bits per heavy atom. The fraction of sp³-hybridized carbons (Fsp3) is 0.462. The van der Waals surface area contributed by atoms with Gasteiger partial charge < -0.3 is 10.6 Å². The van der Waals surface area contributed by atoms with Crippen molar-refractivity contribution >= 4 is 5.91 Å². The molecule has 0 heterocycles. The van der Waals surface area contributed by atoms with E-state index in [1.807, 2.05) is 0 Å². The lowest BCUT2D eigenvalue weighted by molar-refractivity contribution is -0.129. The van der Waals surface area contributed by atoms with Gasteiger partial charge in [-0.25, -0.2) is 4.39 Å². The van der Waals surface area contributed by atoms with Crippen molar-refractivity contribution < 1.29 is 9.18 Å². The average molecular weight is 253 g/mol. The summed E-state index contributed by atoms with van der Waals surface area (Å²) >= 11 is 0. The van der Waals surface area contributed by atoms with Gasteiger partial charge in [-0.05, 0) is 18.7 Å². The molecule has 1 aromatic rings. The van der Waals surface area contributed by atoms with Crippen LogP contribution in [-0.2, 0) is 17.9 Å². The maximum absolute atomic E-state index is 13.7. The van der Waals surface area contributed by atoms with Crippen molar-refractivity contribution in [3.05, 3.63) is 35.1 Å². The van der Waals surface area contributed by atoms with Gasteiger partial charge in [0, 0.05) is 32.7 Å². The van der Waals surface area contributed by atoms with E-state index in [0.29, 0.717) is 18.7 Å². The molecular weight excluding hydrogens is 233 g/mol. The van der Waals surface area contributed by atoms with Gasteiger partial charge >= 0.3 is 0 Å². The zero-order valence-corrected chi connectivity index (χ0v) is 11.1. The minimum atomic E-state index is -0.276. The van der Waals surface area contributed by atoms with Crippen LogP contribution in [0.3, 0.4) is 0 Å². The Bertz CT molecular complexity index is 421. The van der Waals surface area contributed by atoms with Gasteiger partial charge in [0.25, 0.3) is 0 Å². The van der Waals surface area contributed by atoms with Crippen LogP contribution in [0.2, 0.25) is 0 Å². The number of halogens is 1. The number of benzene rings is 1. The van der Waals surface area contributed by atoms with Crippen molar-refractivity contribution in [2.45, 2.75) is 13.1 Å². The molecule has 0 radical (unpaired) electrons. The second-order valence-corrected chi connectivity index (χ2v) is 4.59. The summed E-state index contributed by atoms with van der Waals surface area (Å²) in [6, 6.07) is 4.96. The predicted molar refractivity (Wildman–Crippen MR) is 69.3 cm³/mol. The van der Waals surface area contributed by atoms with Crippen LogP contribution in [0.5, 0.6) is 0 Å². The molecular formula is C13H20FN3O. The quantitative estimate of drug-likeness (QED) is 0.844. The largest absolute Gasteiger partial charge is 0.348 e. The Hall–Kier alpha value is -1.46. The van der Waals surface area contributed by atoms with Gasteiger partial charge in [-0.3, -0.25) is 9.69 Å². The Labute approximate surface area is 107 Å². The maximum atomic E-state index is 13.7. The molecule has 100 valence electrons. The summed E-state index contributed by atoms with van der Waals surface area (Å²) in [6.07, 6.45) is 0. The van der Waals surface area contributed by atoms with Crippen LogP contribution in [0.4, 0.5) is 4.39 Å². The van der Waals surface area contributed by atoms with E-state index in [-0.39, 0.29) is 18.3 Å². The highest BCUT2D eigenvalue weighted by molar-refractivity contribution is 5.77. The van der Waals surface area contributed by atoms with Crippen LogP contribution in [0.15, 0.2) is 18.2 Å². The van der Waals surface area contributed by atoms with Crippen LogP contribution >= 0.6 is 0 Å². The van der Waals surface area contributed by atoms with Crippen molar-refractivity contribution in [3.63, 3.8) is 0 Å². The zero-order chi connectivity index (χ0) is 13.7. The SMILES string of the molecule is CN(CC(=O)N(C)C)Cc1ccc(CN)cc1F. The molecule has 0 aliphatic carbocycles. The van der Waals surface area contributed by atoms with Crippen molar-refractivity contribution in [1.29, 1.82) is 0 Å². The Morgan fingerprint density at radius 1 is 1.33 bits per heavy atom. The number of likely N-dealkylation sites (N-methyl/N-ethyl adjacent to an activating group) is 2. The number of carbonyl (C=O) groups is 1. The topological polar surface area (TPSA) is 49.6 Å². The molecule has 1 aromatic carbocycles. The maximum Gasteiger partial charge on any atom is 0.236 e. The first-order valence-electron chi connectivity index (χ1n) is 5.80. The van der Waals surface area contributed by atoms with Crippen molar-refractivity contribution in [3.8, 4) is 0 Å². The fourth-order valence-electron chi connectivity index (χ4n) is 1.57. The normalized spacial score (nSPS) is 10.8. The lowest BCUT2D eigenvalue weighted by atomic mass is 10.1. The highest BCUT2D eigenvalue weighted by Gasteiger charge is 2.11. The number of rotatable bonds is 5. The molecule has 18 heavy (non-hydrogen) atoms. The van der Waals surface area contributed by atoms with E-state index in [4.69, 9.17) is 5.73 Å². The molecule has 0 atom stereocenters. The Balaban J connectivity index is 2.64. The van der Waals surface area contributed by atoms with Gasteiger partial charge in [0.05, 0.1) is 6.54 Å². The van der Waals surface area contributed by atoms with Gasteiger partial charge in [0.1, 0.15) is 5.82 Å². The molecule has 1 amide bonds. The number of hydrogen-bond acceptors (Lipinski definition) is 3. The fourth-order valence-corrected chi connectivity index (χ4v) is 1.57. The van der Waals surface area contributed by atoms with Crippen LogP contribution in [-0.4, -0.2) is 43.4 Å². The van der Waals surface area contributed by atoms with Gasteiger partial charge in [0.15, 0.2) is 0 Å². The van der Waals surface area contributed by atoms with E-state index in [0.717, 1.165) is 5.56 Å². The van der Waals surface area contributed by atoms with Gasteiger partial charge in [-0.15, -0.1) is 0 Å². The first kappa shape index (κ1) is 14.6. The molecule has 0 unspecified atom stereocenters. The lowest BCUT2D eigenvalue weighted by Crippen LogP contribution is -2.34. The molecule has 0 saturated carbocycles. The van der Waals surface area contributed by atoms with E-state index in [9.17, 15) is 9.18 Å². The first-order valence-corrected chi connectivity index (χ1v) is 5.80. The molecule has 0 aliphatic heterocycles. The van der Waals surface area contributed by atoms with Crippen molar-refractivity contribution in [2.24, 2.45) is 5.73 Å². The molecule has 5 heteroatoms. The molecule has 0 aliphatic rings. The molecule has 0 fully saturated rings. The van der Waals surface area contributed by atoms with Crippen LogP contribution in [0.1, 0.15) is 11.1 Å². The molecule has 0 bridgehead atoms. The van der Waals surface area contributed by atoms with Crippen LogP contribution in [0, 0.1) is 5.82 Å². The van der Waals surface area contributed by atoms with E-state index < -0.39 is 0 Å². The number of carbonyl (C=O) groups excluding carboxylic acids is 1. The predicted octanol–water partition coefficient (Wildman–Crippen LogP) is 0.804. The molecule has 4 nitrogen and oxygen atoms in total. The number of nitrogens with zero attached hydrogens (tertiary/aromatic N) is 2. The monoisotopic (exact) mass is 253 g/mol. The Morgan fingerprint density at radius 2 is 2.00 bits per heavy atom. The van der Waals surface area contributed by atoms with E-state index in [2.05, 4.69) is 0 Å². The van der Waals surface area contributed by atoms with E-state index in [1.165, 1.54) is 11.0 Å². The summed E-state index contributed by atoms with van der Waals surface area (Å²) in [5.74, 6) is -0.279. The van der Waals surface area contributed by atoms with E-state index >= 15 is 0 Å². The van der Waals surface area contributed by atoms with Gasteiger partial charge in [-0.2, -0.15) is 0 Å². The highest BCUT2D eigenvalue weighted by Crippen LogP contribution is 2.12. The highest BCUT2D eigenvalue weighted by atomic mass is 19.1. The number of nitrogens with two attached hydrogens (primary N) is 1. The summed E-state index contributed by atoms with van der Waals surface area (Å²) in [5, 5.41) is 0. The minimum absolute atomic E-state index is 0.00325. The second-order valence-electron chi connectivity index (χ2n) is 4.59. The lowest BCUT2D eigenvalue weighted by Gasteiger charge is -2.19.